The fourth-order valence-electron chi connectivity index (χ4n) is 4.23. The Bertz CT molecular complexity index is 709. The van der Waals surface area contributed by atoms with Crippen molar-refractivity contribution >= 4 is 5.91 Å². The molecule has 4 nitrogen and oxygen atoms in total. The molecule has 0 radical (unpaired) electrons. The first-order chi connectivity index (χ1) is 12.6. The van der Waals surface area contributed by atoms with Gasteiger partial charge in [0.15, 0.2) is 0 Å². The molecule has 0 N–H and O–H groups in total. The quantitative estimate of drug-likeness (QED) is 0.730. The van der Waals surface area contributed by atoms with E-state index in [1.54, 1.807) is 11.9 Å². The molecule has 0 saturated carbocycles. The first-order valence-electron chi connectivity index (χ1n) is 9.14. The zero-order valence-corrected chi connectivity index (χ0v) is 15.7. The number of benzene rings is 1. The molecule has 8 heteroatoms. The minimum Gasteiger partial charge on any atom is -0.346 e. The van der Waals surface area contributed by atoms with Crippen LogP contribution in [-0.4, -0.2) is 66.4 Å². The number of likely N-dealkylation sites (N-methyl/N-ethyl adjacent to an activating group) is 1. The van der Waals surface area contributed by atoms with Crippen molar-refractivity contribution in [2.24, 2.45) is 0 Å². The maximum Gasteiger partial charge on any atom is 0.419 e. The van der Waals surface area contributed by atoms with Crippen molar-refractivity contribution in [2.75, 3.05) is 40.3 Å². The smallest absolute Gasteiger partial charge is 0.346 e. The molecule has 1 amide bonds. The van der Waals surface area contributed by atoms with Crippen molar-refractivity contribution in [2.45, 2.75) is 37.5 Å². The number of amides is 1. The molecule has 1 aromatic rings. The Labute approximate surface area is 156 Å². The summed E-state index contributed by atoms with van der Waals surface area (Å²) in [5.74, 6) is -1.13. The van der Waals surface area contributed by atoms with E-state index in [0.29, 0.717) is 39.0 Å². The second-order valence-corrected chi connectivity index (χ2v) is 7.69. The average molecular weight is 387 g/mol. The first-order valence-corrected chi connectivity index (χ1v) is 9.14. The fourth-order valence-corrected chi connectivity index (χ4v) is 4.23. The molecule has 0 bridgehead atoms. The van der Waals surface area contributed by atoms with Crippen LogP contribution in [0, 0.1) is 5.82 Å². The summed E-state index contributed by atoms with van der Waals surface area (Å²) in [5, 5.41) is 0. The van der Waals surface area contributed by atoms with Crippen LogP contribution in [0.4, 0.5) is 17.6 Å². The molecular weight excluding hydrogens is 362 g/mol. The van der Waals surface area contributed by atoms with Crippen LogP contribution in [0.3, 0.4) is 0 Å². The molecule has 1 atom stereocenters. The normalized spacial score (nSPS) is 25.9. The van der Waals surface area contributed by atoms with E-state index >= 15 is 0 Å². The van der Waals surface area contributed by atoms with E-state index in [-0.39, 0.29) is 23.6 Å². The summed E-state index contributed by atoms with van der Waals surface area (Å²) in [6.07, 6.45) is -2.83. The fraction of sp³-hybridized carbons (Fsp3) is 0.632. The van der Waals surface area contributed by atoms with Crippen molar-refractivity contribution in [1.82, 2.24) is 14.7 Å². The number of alkyl halides is 3. The second-order valence-electron chi connectivity index (χ2n) is 7.69. The van der Waals surface area contributed by atoms with Gasteiger partial charge in [0, 0.05) is 51.7 Å². The molecule has 2 aliphatic heterocycles. The van der Waals surface area contributed by atoms with Crippen LogP contribution in [0.15, 0.2) is 18.2 Å². The van der Waals surface area contributed by atoms with Crippen molar-refractivity contribution in [3.63, 3.8) is 0 Å². The van der Waals surface area contributed by atoms with Gasteiger partial charge in [0.25, 0.3) is 0 Å². The second kappa shape index (κ2) is 7.39. The number of carbonyl (C=O) groups is 1. The van der Waals surface area contributed by atoms with E-state index in [1.165, 1.54) is 12.1 Å². The van der Waals surface area contributed by atoms with Gasteiger partial charge >= 0.3 is 6.18 Å². The molecular formula is C19H25F4N3O. The molecule has 2 fully saturated rings. The number of piperazine rings is 1. The van der Waals surface area contributed by atoms with Gasteiger partial charge in [-0.2, -0.15) is 13.2 Å². The Morgan fingerprint density at radius 2 is 1.85 bits per heavy atom. The number of hydrogen-bond acceptors (Lipinski definition) is 3. The SMILES string of the molecule is CN1CCC2(CCC1=O)CN(Cc1cccc(F)c1C(F)(F)F)CCN2C. The topological polar surface area (TPSA) is 26.8 Å². The standard InChI is InChI=1S/C19H25F4N3O/c1-24-9-8-18(7-6-16(24)27)13-26(11-10-25(18)2)12-14-4-3-5-15(20)17(14)19(21,22)23/h3-5H,6-13H2,1-2H3. The molecule has 3 rings (SSSR count). The molecule has 0 aliphatic carbocycles. The van der Waals surface area contributed by atoms with Gasteiger partial charge in [-0.15, -0.1) is 0 Å². The summed E-state index contributed by atoms with van der Waals surface area (Å²) in [6, 6.07) is 3.52. The van der Waals surface area contributed by atoms with Crippen molar-refractivity contribution in [1.29, 1.82) is 0 Å². The van der Waals surface area contributed by atoms with Gasteiger partial charge in [-0.1, -0.05) is 12.1 Å². The van der Waals surface area contributed by atoms with E-state index in [9.17, 15) is 22.4 Å². The van der Waals surface area contributed by atoms with Gasteiger partial charge in [0.1, 0.15) is 5.82 Å². The Balaban J connectivity index is 1.82. The van der Waals surface area contributed by atoms with Crippen molar-refractivity contribution in [3.8, 4) is 0 Å². The Morgan fingerprint density at radius 3 is 2.56 bits per heavy atom. The van der Waals surface area contributed by atoms with Crippen LogP contribution in [0.2, 0.25) is 0 Å². The molecule has 27 heavy (non-hydrogen) atoms. The average Bonchev–Trinajstić information content (AvgIpc) is 2.72. The van der Waals surface area contributed by atoms with Gasteiger partial charge in [-0.05, 0) is 31.5 Å². The van der Waals surface area contributed by atoms with E-state index in [1.807, 2.05) is 11.9 Å². The van der Waals surface area contributed by atoms with E-state index in [0.717, 1.165) is 12.5 Å². The minimum atomic E-state index is -4.72. The number of halogens is 4. The predicted octanol–water partition coefficient (Wildman–Crippen LogP) is 2.97. The molecule has 1 unspecified atom stereocenters. The Morgan fingerprint density at radius 1 is 1.11 bits per heavy atom. The lowest BCUT2D eigenvalue weighted by Crippen LogP contribution is -2.60. The van der Waals surface area contributed by atoms with Crippen LogP contribution >= 0.6 is 0 Å². The van der Waals surface area contributed by atoms with E-state index in [2.05, 4.69) is 4.90 Å². The monoisotopic (exact) mass is 387 g/mol. The van der Waals surface area contributed by atoms with Crippen LogP contribution in [0.25, 0.3) is 0 Å². The van der Waals surface area contributed by atoms with Crippen LogP contribution in [0.1, 0.15) is 30.4 Å². The molecule has 1 spiro atoms. The highest BCUT2D eigenvalue weighted by Gasteiger charge is 2.43. The Kier molecular flexibility index (Phi) is 5.49. The lowest BCUT2D eigenvalue weighted by molar-refractivity contribution is -0.141. The predicted molar refractivity (Wildman–Crippen MR) is 93.5 cm³/mol. The number of likely N-dealkylation sites (tertiary alicyclic amines) is 1. The van der Waals surface area contributed by atoms with Gasteiger partial charge in [0.2, 0.25) is 5.91 Å². The van der Waals surface area contributed by atoms with Gasteiger partial charge in [-0.3, -0.25) is 14.6 Å². The summed E-state index contributed by atoms with van der Waals surface area (Å²) < 4.78 is 53.8. The van der Waals surface area contributed by atoms with Crippen LogP contribution < -0.4 is 0 Å². The molecule has 0 aromatic heterocycles. The van der Waals surface area contributed by atoms with E-state index in [4.69, 9.17) is 0 Å². The largest absolute Gasteiger partial charge is 0.419 e. The number of nitrogens with zero attached hydrogens (tertiary/aromatic N) is 3. The maximum absolute atomic E-state index is 13.9. The first kappa shape index (κ1) is 20.1. The summed E-state index contributed by atoms with van der Waals surface area (Å²) in [7, 11) is 3.79. The third-order valence-electron chi connectivity index (χ3n) is 6.00. The lowest BCUT2D eigenvalue weighted by Gasteiger charge is -2.49. The van der Waals surface area contributed by atoms with Crippen molar-refractivity contribution in [3.05, 3.63) is 35.1 Å². The van der Waals surface area contributed by atoms with Gasteiger partial charge < -0.3 is 4.90 Å². The number of carbonyl (C=O) groups excluding carboxylic acids is 1. The minimum absolute atomic E-state index is 0.0379. The number of hydrogen-bond donors (Lipinski definition) is 0. The van der Waals surface area contributed by atoms with Gasteiger partial charge in [-0.25, -0.2) is 4.39 Å². The highest BCUT2D eigenvalue weighted by molar-refractivity contribution is 5.76. The summed E-state index contributed by atoms with van der Waals surface area (Å²) in [5.41, 5.74) is -1.46. The molecule has 2 heterocycles. The van der Waals surface area contributed by atoms with Gasteiger partial charge in [0.05, 0.1) is 5.56 Å². The third kappa shape index (κ3) is 4.11. The molecule has 150 valence electrons. The zero-order chi connectivity index (χ0) is 19.8. The zero-order valence-electron chi connectivity index (χ0n) is 15.7. The lowest BCUT2D eigenvalue weighted by atomic mass is 9.86. The third-order valence-corrected chi connectivity index (χ3v) is 6.00. The molecule has 1 aromatic carbocycles. The van der Waals surface area contributed by atoms with Crippen LogP contribution in [-0.2, 0) is 17.5 Å². The maximum atomic E-state index is 13.9. The van der Waals surface area contributed by atoms with Crippen molar-refractivity contribution < 1.29 is 22.4 Å². The summed E-state index contributed by atoms with van der Waals surface area (Å²) >= 11 is 0. The highest BCUT2D eigenvalue weighted by atomic mass is 19.4. The summed E-state index contributed by atoms with van der Waals surface area (Å²) in [4.78, 5) is 17.9. The summed E-state index contributed by atoms with van der Waals surface area (Å²) in [6.45, 7) is 2.56. The van der Waals surface area contributed by atoms with Crippen LogP contribution in [0.5, 0.6) is 0 Å². The van der Waals surface area contributed by atoms with E-state index < -0.39 is 17.6 Å². The molecule has 2 aliphatic rings. The number of rotatable bonds is 2. The Hall–Kier alpha value is -1.67. The molecule has 2 saturated heterocycles. The highest BCUT2D eigenvalue weighted by Crippen LogP contribution is 2.36.